The summed E-state index contributed by atoms with van der Waals surface area (Å²) in [6, 6.07) is 93.3. The Balaban J connectivity index is 1.11. The fourth-order valence-corrected chi connectivity index (χ4v) is 11.7. The molecule has 0 heterocycles. The van der Waals surface area contributed by atoms with Gasteiger partial charge in [0.15, 0.2) is 0 Å². The van der Waals surface area contributed by atoms with Crippen LogP contribution >= 0.6 is 0 Å². The van der Waals surface area contributed by atoms with Crippen molar-refractivity contribution in [2.24, 2.45) is 0 Å². The van der Waals surface area contributed by atoms with Gasteiger partial charge in [-0.1, -0.05) is 239 Å². The predicted octanol–water partition coefficient (Wildman–Crippen LogP) is 17.2. The zero-order valence-electron chi connectivity index (χ0n) is 39.1. The molecule has 0 spiro atoms. The molecule has 10 aromatic carbocycles. The Bertz CT molecular complexity index is 3460. The lowest BCUT2D eigenvalue weighted by Crippen LogP contribution is -2.29. The molecule has 2 unspecified atom stereocenters. The van der Waals surface area contributed by atoms with Gasteiger partial charge in [-0.05, 0) is 132 Å². The fourth-order valence-electron chi connectivity index (χ4n) is 11.7. The molecule has 12 rings (SSSR count). The summed E-state index contributed by atoms with van der Waals surface area (Å²) < 4.78 is 0. The summed E-state index contributed by atoms with van der Waals surface area (Å²) in [5, 5.41) is 0. The van der Waals surface area contributed by atoms with E-state index in [0.29, 0.717) is 0 Å². The first-order valence-electron chi connectivity index (χ1n) is 24.0. The second-order valence-corrected chi connectivity index (χ2v) is 19.7. The molecule has 1 nitrogen and oxygen atoms in total. The zero-order chi connectivity index (χ0) is 46.0. The van der Waals surface area contributed by atoms with Crippen molar-refractivity contribution in [1.29, 1.82) is 0 Å². The van der Waals surface area contributed by atoms with Gasteiger partial charge in [-0.2, -0.15) is 0 Å². The van der Waals surface area contributed by atoms with E-state index in [2.05, 4.69) is 281 Å². The SMILES string of the molecule is Cc1ccc(C2(c3ccccc3)c3ccccc3-c3cc(N(c4ccc(-c5ccccc5)cc4)c4ccc5c(c4)C(c4ccccc4)(c4ccc(C(C)(C)C)cc4)c4ccccc4-5)ccc32)cc1. The van der Waals surface area contributed by atoms with E-state index in [-0.39, 0.29) is 5.41 Å². The number of fused-ring (bicyclic) bond motifs is 6. The van der Waals surface area contributed by atoms with Crippen LogP contribution in [-0.2, 0) is 16.2 Å². The van der Waals surface area contributed by atoms with Gasteiger partial charge in [0.2, 0.25) is 0 Å². The summed E-state index contributed by atoms with van der Waals surface area (Å²) in [7, 11) is 0. The molecule has 0 bridgehead atoms. The highest BCUT2D eigenvalue weighted by Gasteiger charge is 2.48. The van der Waals surface area contributed by atoms with E-state index in [1.54, 1.807) is 0 Å². The Labute approximate surface area is 401 Å². The van der Waals surface area contributed by atoms with Crippen molar-refractivity contribution in [1.82, 2.24) is 0 Å². The van der Waals surface area contributed by atoms with Gasteiger partial charge in [0, 0.05) is 17.1 Å². The van der Waals surface area contributed by atoms with Crippen LogP contribution < -0.4 is 4.90 Å². The Morgan fingerprint density at radius 1 is 0.309 bits per heavy atom. The maximum absolute atomic E-state index is 2.49. The minimum Gasteiger partial charge on any atom is -0.310 e. The van der Waals surface area contributed by atoms with Crippen molar-refractivity contribution < 1.29 is 0 Å². The van der Waals surface area contributed by atoms with Crippen LogP contribution in [0, 0.1) is 6.92 Å². The molecular formula is C67H53N. The monoisotopic (exact) mass is 871 g/mol. The second kappa shape index (κ2) is 16.1. The van der Waals surface area contributed by atoms with Crippen molar-refractivity contribution in [2.45, 2.75) is 43.9 Å². The van der Waals surface area contributed by atoms with Gasteiger partial charge in [0.25, 0.3) is 0 Å². The van der Waals surface area contributed by atoms with Crippen LogP contribution in [0.2, 0.25) is 0 Å². The Morgan fingerprint density at radius 2 is 0.721 bits per heavy atom. The van der Waals surface area contributed by atoms with Crippen molar-refractivity contribution in [3.8, 4) is 33.4 Å². The van der Waals surface area contributed by atoms with Gasteiger partial charge in [0.1, 0.15) is 0 Å². The number of benzene rings is 10. The maximum atomic E-state index is 2.49. The minimum absolute atomic E-state index is 0.0327. The molecular weight excluding hydrogens is 819 g/mol. The molecule has 0 saturated carbocycles. The fraction of sp³-hybridized carbons (Fsp3) is 0.104. The zero-order valence-corrected chi connectivity index (χ0v) is 39.1. The first-order valence-corrected chi connectivity index (χ1v) is 24.0. The van der Waals surface area contributed by atoms with E-state index in [1.165, 1.54) is 89.0 Å². The molecule has 10 aromatic rings. The van der Waals surface area contributed by atoms with Gasteiger partial charge in [-0.3, -0.25) is 0 Å². The molecule has 2 atom stereocenters. The molecule has 326 valence electrons. The topological polar surface area (TPSA) is 3.24 Å². The largest absolute Gasteiger partial charge is 0.310 e. The number of anilines is 3. The average Bonchev–Trinajstić information content (AvgIpc) is 3.85. The van der Waals surface area contributed by atoms with Crippen LogP contribution in [0.15, 0.2) is 249 Å². The molecule has 2 aliphatic carbocycles. The van der Waals surface area contributed by atoms with E-state index in [1.807, 2.05) is 0 Å². The third kappa shape index (κ3) is 6.37. The second-order valence-electron chi connectivity index (χ2n) is 19.7. The first-order chi connectivity index (χ1) is 33.3. The molecule has 0 aromatic heterocycles. The smallest absolute Gasteiger partial charge is 0.0714 e. The van der Waals surface area contributed by atoms with Crippen LogP contribution in [-0.4, -0.2) is 0 Å². The van der Waals surface area contributed by atoms with Crippen molar-refractivity contribution in [3.63, 3.8) is 0 Å². The highest BCUT2D eigenvalue weighted by Crippen LogP contribution is 2.59. The molecule has 0 N–H and O–H groups in total. The molecule has 0 aliphatic heterocycles. The summed E-state index contributed by atoms with van der Waals surface area (Å²) in [5.41, 5.74) is 22.6. The van der Waals surface area contributed by atoms with E-state index < -0.39 is 10.8 Å². The third-order valence-corrected chi connectivity index (χ3v) is 14.9. The van der Waals surface area contributed by atoms with Gasteiger partial charge in [0.05, 0.1) is 10.8 Å². The molecule has 68 heavy (non-hydrogen) atoms. The quantitative estimate of drug-likeness (QED) is 0.147. The summed E-state index contributed by atoms with van der Waals surface area (Å²) >= 11 is 0. The Kier molecular flexibility index (Phi) is 9.82. The highest BCUT2D eigenvalue weighted by atomic mass is 15.1. The van der Waals surface area contributed by atoms with Crippen LogP contribution in [0.5, 0.6) is 0 Å². The lowest BCUT2D eigenvalue weighted by Gasteiger charge is -2.35. The highest BCUT2D eigenvalue weighted by molar-refractivity contribution is 5.93. The number of hydrogen-bond donors (Lipinski definition) is 0. The van der Waals surface area contributed by atoms with E-state index >= 15 is 0 Å². The lowest BCUT2D eigenvalue weighted by atomic mass is 9.67. The van der Waals surface area contributed by atoms with Crippen LogP contribution in [0.3, 0.4) is 0 Å². The van der Waals surface area contributed by atoms with Crippen molar-refractivity contribution in [3.05, 3.63) is 304 Å². The molecule has 0 saturated heterocycles. The number of aryl methyl sites for hydroxylation is 1. The average molecular weight is 872 g/mol. The summed E-state index contributed by atoms with van der Waals surface area (Å²) in [5.74, 6) is 0. The Hall–Kier alpha value is -8.00. The van der Waals surface area contributed by atoms with E-state index in [9.17, 15) is 0 Å². The Morgan fingerprint density at radius 3 is 1.31 bits per heavy atom. The summed E-state index contributed by atoms with van der Waals surface area (Å²) in [6.45, 7) is 9.06. The number of rotatable bonds is 8. The van der Waals surface area contributed by atoms with Crippen molar-refractivity contribution >= 4 is 17.1 Å². The number of nitrogens with zero attached hydrogens (tertiary/aromatic N) is 1. The lowest BCUT2D eigenvalue weighted by molar-refractivity contribution is 0.589. The maximum Gasteiger partial charge on any atom is 0.0714 e. The molecule has 1 heteroatoms. The van der Waals surface area contributed by atoms with E-state index in [0.717, 1.165) is 17.1 Å². The van der Waals surface area contributed by atoms with Gasteiger partial charge < -0.3 is 4.90 Å². The van der Waals surface area contributed by atoms with Crippen LogP contribution in [0.4, 0.5) is 17.1 Å². The number of hydrogen-bond acceptors (Lipinski definition) is 1. The molecule has 0 radical (unpaired) electrons. The van der Waals surface area contributed by atoms with Crippen LogP contribution in [0.25, 0.3) is 33.4 Å². The first kappa shape index (κ1) is 41.4. The van der Waals surface area contributed by atoms with Gasteiger partial charge in [-0.15, -0.1) is 0 Å². The summed E-state index contributed by atoms with van der Waals surface area (Å²) in [4.78, 5) is 2.48. The normalized spacial score (nSPS) is 16.6. The van der Waals surface area contributed by atoms with Crippen LogP contribution in [0.1, 0.15) is 76.4 Å². The van der Waals surface area contributed by atoms with Crippen molar-refractivity contribution in [2.75, 3.05) is 4.90 Å². The standard InChI is InChI=1S/C67H53N/c1-46-28-32-52(33-29-46)66(50-20-10-6-11-21-50)62-27-17-15-25-58(62)60-44-55(41-43-63(60)66)68(54-38-30-48(31-39-54)47-18-8-5-9-19-47)56-40-42-59-57-24-14-16-26-61(57)67(64(59)45-56,51-22-12-7-13-23-51)53-36-34-49(35-37-53)65(2,3)4/h5-45H,1-4H3. The van der Waals surface area contributed by atoms with Gasteiger partial charge in [-0.25, -0.2) is 0 Å². The third-order valence-electron chi connectivity index (χ3n) is 14.9. The van der Waals surface area contributed by atoms with E-state index in [4.69, 9.17) is 0 Å². The molecule has 0 amide bonds. The summed E-state index contributed by atoms with van der Waals surface area (Å²) in [6.07, 6.45) is 0. The van der Waals surface area contributed by atoms with Gasteiger partial charge >= 0.3 is 0 Å². The molecule has 2 aliphatic rings. The molecule has 0 fully saturated rings. The minimum atomic E-state index is -0.553. The predicted molar refractivity (Wildman–Crippen MR) is 285 cm³/mol.